The third-order valence-corrected chi connectivity index (χ3v) is 4.57. The van der Waals surface area contributed by atoms with Gasteiger partial charge in [0.2, 0.25) is 0 Å². The Morgan fingerprint density at radius 2 is 1.44 bits per heavy atom. The Morgan fingerprint density at radius 3 is 2.04 bits per heavy atom. The SMILES string of the molecule is CN(Cc1cc(C(=O)N(C)c2ccccc2)ccc1C=O)c1ccccc1. The van der Waals surface area contributed by atoms with E-state index in [2.05, 4.69) is 4.90 Å². The van der Waals surface area contributed by atoms with E-state index in [-0.39, 0.29) is 5.91 Å². The van der Waals surface area contributed by atoms with Crippen molar-refractivity contribution in [1.82, 2.24) is 0 Å². The van der Waals surface area contributed by atoms with Gasteiger partial charge in [-0.3, -0.25) is 9.59 Å². The van der Waals surface area contributed by atoms with Crippen molar-refractivity contribution in [1.29, 1.82) is 0 Å². The van der Waals surface area contributed by atoms with Crippen LogP contribution in [0.3, 0.4) is 0 Å². The predicted molar refractivity (Wildman–Crippen MR) is 110 cm³/mol. The van der Waals surface area contributed by atoms with E-state index in [4.69, 9.17) is 0 Å². The van der Waals surface area contributed by atoms with Gasteiger partial charge in [-0.05, 0) is 42.0 Å². The van der Waals surface area contributed by atoms with E-state index < -0.39 is 0 Å². The molecule has 0 saturated carbocycles. The van der Waals surface area contributed by atoms with Crippen LogP contribution in [0.5, 0.6) is 0 Å². The van der Waals surface area contributed by atoms with Crippen LogP contribution in [0.15, 0.2) is 78.9 Å². The van der Waals surface area contributed by atoms with Crippen molar-refractivity contribution in [3.8, 4) is 0 Å². The fraction of sp³-hybridized carbons (Fsp3) is 0.130. The first-order chi connectivity index (χ1) is 13.1. The van der Waals surface area contributed by atoms with Crippen LogP contribution in [-0.2, 0) is 6.54 Å². The average Bonchev–Trinajstić information content (AvgIpc) is 2.73. The number of benzene rings is 3. The maximum atomic E-state index is 12.9. The van der Waals surface area contributed by atoms with Crippen LogP contribution in [0, 0.1) is 0 Å². The van der Waals surface area contributed by atoms with Gasteiger partial charge in [0.1, 0.15) is 6.29 Å². The minimum atomic E-state index is -0.109. The summed E-state index contributed by atoms with van der Waals surface area (Å²) in [5.41, 5.74) is 3.85. The highest BCUT2D eigenvalue weighted by Crippen LogP contribution is 2.20. The number of para-hydroxylation sites is 2. The lowest BCUT2D eigenvalue weighted by Crippen LogP contribution is -2.26. The van der Waals surface area contributed by atoms with Gasteiger partial charge in [-0.15, -0.1) is 0 Å². The topological polar surface area (TPSA) is 40.6 Å². The molecule has 0 fully saturated rings. The molecule has 0 radical (unpaired) electrons. The van der Waals surface area contributed by atoms with E-state index >= 15 is 0 Å². The Kier molecular flexibility index (Phi) is 5.67. The molecular formula is C23H22N2O2. The minimum absolute atomic E-state index is 0.109. The summed E-state index contributed by atoms with van der Waals surface area (Å²) in [4.78, 5) is 28.0. The summed E-state index contributed by atoms with van der Waals surface area (Å²) in [7, 11) is 3.72. The molecule has 0 aliphatic heterocycles. The molecule has 0 aliphatic carbocycles. The van der Waals surface area contributed by atoms with Crippen molar-refractivity contribution >= 4 is 23.6 Å². The van der Waals surface area contributed by atoms with Crippen molar-refractivity contribution in [2.75, 3.05) is 23.9 Å². The largest absolute Gasteiger partial charge is 0.370 e. The number of carbonyl (C=O) groups is 2. The first-order valence-corrected chi connectivity index (χ1v) is 8.77. The number of anilines is 2. The lowest BCUT2D eigenvalue weighted by molar-refractivity contribution is 0.0992. The summed E-state index contributed by atoms with van der Waals surface area (Å²) in [5, 5.41) is 0. The van der Waals surface area contributed by atoms with E-state index in [1.54, 1.807) is 24.1 Å². The van der Waals surface area contributed by atoms with Crippen LogP contribution in [0.25, 0.3) is 0 Å². The van der Waals surface area contributed by atoms with Gasteiger partial charge in [0.25, 0.3) is 5.91 Å². The molecule has 0 saturated heterocycles. The van der Waals surface area contributed by atoms with Gasteiger partial charge in [0, 0.05) is 43.1 Å². The van der Waals surface area contributed by atoms with E-state index in [1.165, 1.54) is 0 Å². The van der Waals surface area contributed by atoms with Crippen molar-refractivity contribution in [3.05, 3.63) is 95.6 Å². The monoisotopic (exact) mass is 358 g/mol. The summed E-state index contributed by atoms with van der Waals surface area (Å²) >= 11 is 0. The first kappa shape index (κ1) is 18.4. The molecule has 3 aromatic carbocycles. The van der Waals surface area contributed by atoms with Crippen LogP contribution >= 0.6 is 0 Å². The second-order valence-electron chi connectivity index (χ2n) is 6.42. The van der Waals surface area contributed by atoms with E-state index in [0.717, 1.165) is 23.2 Å². The van der Waals surface area contributed by atoms with Gasteiger partial charge >= 0.3 is 0 Å². The Labute approximate surface area is 159 Å². The molecule has 0 aliphatic rings. The molecule has 0 bridgehead atoms. The maximum Gasteiger partial charge on any atom is 0.258 e. The molecule has 3 aromatic rings. The molecule has 4 nitrogen and oxygen atoms in total. The quantitative estimate of drug-likeness (QED) is 0.613. The lowest BCUT2D eigenvalue weighted by Gasteiger charge is -2.22. The zero-order chi connectivity index (χ0) is 19.2. The molecular weight excluding hydrogens is 336 g/mol. The van der Waals surface area contributed by atoms with Crippen LogP contribution in [0.2, 0.25) is 0 Å². The number of rotatable bonds is 6. The lowest BCUT2D eigenvalue weighted by atomic mass is 10.0. The average molecular weight is 358 g/mol. The molecule has 0 atom stereocenters. The molecule has 27 heavy (non-hydrogen) atoms. The predicted octanol–water partition coefficient (Wildman–Crippen LogP) is 4.41. The summed E-state index contributed by atoms with van der Waals surface area (Å²) in [6.45, 7) is 0.536. The number of hydrogen-bond donors (Lipinski definition) is 0. The highest BCUT2D eigenvalue weighted by atomic mass is 16.2. The van der Waals surface area contributed by atoms with Gasteiger partial charge in [-0.1, -0.05) is 42.5 Å². The second-order valence-corrected chi connectivity index (χ2v) is 6.42. The highest BCUT2D eigenvalue weighted by Gasteiger charge is 2.16. The Balaban J connectivity index is 1.87. The Morgan fingerprint density at radius 1 is 0.852 bits per heavy atom. The Hall–Kier alpha value is -3.40. The molecule has 0 heterocycles. The second kappa shape index (κ2) is 8.32. The van der Waals surface area contributed by atoms with Crippen LogP contribution < -0.4 is 9.80 Å². The molecule has 1 amide bonds. The molecule has 0 N–H and O–H groups in total. The zero-order valence-electron chi connectivity index (χ0n) is 15.5. The number of aldehydes is 1. The summed E-state index contributed by atoms with van der Waals surface area (Å²) in [6, 6.07) is 24.7. The van der Waals surface area contributed by atoms with Crippen molar-refractivity contribution in [2.24, 2.45) is 0 Å². The summed E-state index contributed by atoms with van der Waals surface area (Å²) < 4.78 is 0. The van der Waals surface area contributed by atoms with Crippen LogP contribution in [0.1, 0.15) is 26.3 Å². The van der Waals surface area contributed by atoms with E-state index in [0.29, 0.717) is 17.7 Å². The molecule has 4 heteroatoms. The first-order valence-electron chi connectivity index (χ1n) is 8.77. The smallest absolute Gasteiger partial charge is 0.258 e. The van der Waals surface area contributed by atoms with Crippen LogP contribution in [0.4, 0.5) is 11.4 Å². The van der Waals surface area contributed by atoms with Gasteiger partial charge in [0.15, 0.2) is 0 Å². The standard InChI is InChI=1S/C23H22N2O2/c1-24(21-9-5-3-6-10-21)16-20-15-18(13-14-19(20)17-26)23(27)25(2)22-11-7-4-8-12-22/h3-15,17H,16H2,1-2H3. The number of hydrogen-bond acceptors (Lipinski definition) is 3. The number of carbonyl (C=O) groups excluding carboxylic acids is 2. The highest BCUT2D eigenvalue weighted by molar-refractivity contribution is 6.06. The minimum Gasteiger partial charge on any atom is -0.370 e. The van der Waals surface area contributed by atoms with Gasteiger partial charge in [-0.2, -0.15) is 0 Å². The van der Waals surface area contributed by atoms with Gasteiger partial charge in [-0.25, -0.2) is 0 Å². The molecule has 136 valence electrons. The third kappa shape index (κ3) is 4.23. The van der Waals surface area contributed by atoms with E-state index in [9.17, 15) is 9.59 Å². The summed E-state index contributed by atoms with van der Waals surface area (Å²) in [6.07, 6.45) is 0.837. The molecule has 0 aromatic heterocycles. The van der Waals surface area contributed by atoms with Crippen molar-refractivity contribution < 1.29 is 9.59 Å². The molecule has 3 rings (SSSR count). The summed E-state index contributed by atoms with van der Waals surface area (Å²) in [5.74, 6) is -0.109. The van der Waals surface area contributed by atoms with Crippen molar-refractivity contribution in [2.45, 2.75) is 6.54 Å². The maximum absolute atomic E-state index is 12.9. The van der Waals surface area contributed by atoms with Gasteiger partial charge < -0.3 is 9.80 Å². The third-order valence-electron chi connectivity index (χ3n) is 4.57. The Bertz CT molecular complexity index is 924. The fourth-order valence-electron chi connectivity index (χ4n) is 2.98. The molecule has 0 spiro atoms. The van der Waals surface area contributed by atoms with Crippen LogP contribution in [-0.4, -0.2) is 26.3 Å². The number of amides is 1. The fourth-order valence-corrected chi connectivity index (χ4v) is 2.98. The van der Waals surface area contributed by atoms with Crippen molar-refractivity contribution in [3.63, 3.8) is 0 Å². The number of nitrogens with zero attached hydrogens (tertiary/aromatic N) is 2. The zero-order valence-corrected chi connectivity index (χ0v) is 15.5. The van der Waals surface area contributed by atoms with E-state index in [1.807, 2.05) is 73.8 Å². The normalized spacial score (nSPS) is 10.3. The molecule has 0 unspecified atom stereocenters. The van der Waals surface area contributed by atoms with Gasteiger partial charge in [0.05, 0.1) is 0 Å².